The van der Waals surface area contributed by atoms with Crippen molar-refractivity contribution in [3.05, 3.63) is 24.0 Å². The molecular formula is C13H21N5O2. The van der Waals surface area contributed by atoms with Crippen molar-refractivity contribution in [2.45, 2.75) is 6.92 Å². The van der Waals surface area contributed by atoms with E-state index >= 15 is 0 Å². The van der Waals surface area contributed by atoms with Crippen LogP contribution < -0.4 is 16.0 Å². The highest BCUT2D eigenvalue weighted by Gasteiger charge is 2.07. The summed E-state index contributed by atoms with van der Waals surface area (Å²) in [6.07, 6.45) is 1.58. The van der Waals surface area contributed by atoms with Crippen molar-refractivity contribution in [3.63, 3.8) is 0 Å². The number of aromatic nitrogens is 1. The van der Waals surface area contributed by atoms with E-state index in [1.165, 1.54) is 4.90 Å². The Kier molecular flexibility index (Phi) is 6.28. The first-order valence-electron chi connectivity index (χ1n) is 6.48. The Labute approximate surface area is 118 Å². The van der Waals surface area contributed by atoms with Gasteiger partial charge < -0.3 is 20.9 Å². The smallest absolute Gasteiger partial charge is 0.316 e. The molecule has 110 valence electrons. The topological polar surface area (TPSA) is 86.4 Å². The van der Waals surface area contributed by atoms with Gasteiger partial charge in [-0.05, 0) is 19.1 Å². The third-order valence-electron chi connectivity index (χ3n) is 2.47. The second-order valence-corrected chi connectivity index (χ2v) is 4.34. The molecule has 1 aromatic rings. The Balaban J connectivity index is 2.39. The molecule has 20 heavy (non-hydrogen) atoms. The molecule has 0 radical (unpaired) electrons. The largest absolute Gasteiger partial charge is 0.385 e. The van der Waals surface area contributed by atoms with Crippen LogP contribution in [0.25, 0.3) is 0 Å². The molecule has 3 N–H and O–H groups in total. The molecule has 0 saturated carbocycles. The van der Waals surface area contributed by atoms with Gasteiger partial charge in [-0.25, -0.2) is 4.79 Å². The summed E-state index contributed by atoms with van der Waals surface area (Å²) in [5, 5.41) is 8.48. The zero-order chi connectivity index (χ0) is 15.0. The van der Waals surface area contributed by atoms with E-state index in [9.17, 15) is 9.59 Å². The Morgan fingerprint density at radius 3 is 2.60 bits per heavy atom. The first-order chi connectivity index (χ1) is 9.54. The molecule has 1 heterocycles. The second-order valence-electron chi connectivity index (χ2n) is 4.34. The van der Waals surface area contributed by atoms with E-state index in [0.29, 0.717) is 18.8 Å². The molecule has 0 unspecified atom stereocenters. The van der Waals surface area contributed by atoms with Crippen molar-refractivity contribution >= 4 is 17.6 Å². The monoisotopic (exact) mass is 279 g/mol. The molecule has 0 atom stereocenters. The van der Waals surface area contributed by atoms with Gasteiger partial charge in [0.25, 0.3) is 5.91 Å². The van der Waals surface area contributed by atoms with Crippen molar-refractivity contribution in [1.29, 1.82) is 0 Å². The molecule has 0 bridgehead atoms. The van der Waals surface area contributed by atoms with Crippen molar-refractivity contribution < 1.29 is 9.59 Å². The zero-order valence-electron chi connectivity index (χ0n) is 12.1. The Hall–Kier alpha value is -2.31. The molecule has 7 heteroatoms. The molecule has 1 aromatic heterocycles. The summed E-state index contributed by atoms with van der Waals surface area (Å²) >= 11 is 0. The summed E-state index contributed by atoms with van der Waals surface area (Å²) < 4.78 is 0. The Morgan fingerprint density at radius 1 is 1.25 bits per heavy atom. The SMILES string of the molecule is CCNc1ccnc(C(=O)NCCNC(=O)N(C)C)c1. The number of pyridine rings is 1. The summed E-state index contributed by atoms with van der Waals surface area (Å²) in [5.74, 6) is -0.260. The Morgan fingerprint density at radius 2 is 1.95 bits per heavy atom. The van der Waals surface area contributed by atoms with E-state index in [0.717, 1.165) is 12.2 Å². The molecule has 0 aliphatic carbocycles. The average molecular weight is 279 g/mol. The molecule has 0 aliphatic heterocycles. The predicted octanol–water partition coefficient (Wildman–Crippen LogP) is 0.514. The number of nitrogens with one attached hydrogen (secondary N) is 3. The van der Waals surface area contributed by atoms with Gasteiger partial charge in [-0.15, -0.1) is 0 Å². The number of hydrogen-bond donors (Lipinski definition) is 3. The highest BCUT2D eigenvalue weighted by Crippen LogP contribution is 2.07. The average Bonchev–Trinajstić information content (AvgIpc) is 2.43. The Bertz CT molecular complexity index is 462. The van der Waals surface area contributed by atoms with Gasteiger partial charge >= 0.3 is 6.03 Å². The maximum Gasteiger partial charge on any atom is 0.316 e. The molecule has 0 spiro atoms. The third kappa shape index (κ3) is 5.13. The van der Waals surface area contributed by atoms with E-state index in [1.54, 1.807) is 32.4 Å². The van der Waals surface area contributed by atoms with Crippen LogP contribution in [0.1, 0.15) is 17.4 Å². The second kappa shape index (κ2) is 7.98. The van der Waals surface area contributed by atoms with Crippen LogP contribution in [0.3, 0.4) is 0 Å². The molecule has 0 fully saturated rings. The quantitative estimate of drug-likeness (QED) is 0.662. The molecule has 3 amide bonds. The summed E-state index contributed by atoms with van der Waals surface area (Å²) in [5.41, 5.74) is 1.20. The minimum atomic E-state index is -0.260. The number of anilines is 1. The third-order valence-corrected chi connectivity index (χ3v) is 2.47. The fraction of sp³-hybridized carbons (Fsp3) is 0.462. The van der Waals surface area contributed by atoms with E-state index in [-0.39, 0.29) is 11.9 Å². The molecule has 1 rings (SSSR count). The molecule has 0 saturated heterocycles. The molecular weight excluding hydrogens is 258 g/mol. The van der Waals surface area contributed by atoms with Crippen LogP contribution in [0.15, 0.2) is 18.3 Å². The van der Waals surface area contributed by atoms with E-state index in [2.05, 4.69) is 20.9 Å². The number of hydrogen-bond acceptors (Lipinski definition) is 4. The summed E-state index contributed by atoms with van der Waals surface area (Å²) in [7, 11) is 3.31. The van der Waals surface area contributed by atoms with Gasteiger partial charge in [0.1, 0.15) is 5.69 Å². The maximum atomic E-state index is 11.9. The van der Waals surface area contributed by atoms with Crippen molar-refractivity contribution in [1.82, 2.24) is 20.5 Å². The maximum absolute atomic E-state index is 11.9. The standard InChI is InChI=1S/C13H21N5O2/c1-4-14-10-5-6-15-11(9-10)12(19)16-7-8-17-13(20)18(2)3/h5-6,9H,4,7-8H2,1-3H3,(H,14,15)(H,16,19)(H,17,20). The summed E-state index contributed by atoms with van der Waals surface area (Å²) in [6, 6.07) is 3.31. The van der Waals surface area contributed by atoms with Crippen LogP contribution in [0.2, 0.25) is 0 Å². The lowest BCUT2D eigenvalue weighted by molar-refractivity contribution is 0.0948. The fourth-order valence-corrected chi connectivity index (χ4v) is 1.46. The van der Waals surface area contributed by atoms with E-state index in [4.69, 9.17) is 0 Å². The van der Waals surface area contributed by atoms with Crippen LogP contribution in [-0.4, -0.2) is 55.6 Å². The van der Waals surface area contributed by atoms with E-state index in [1.807, 2.05) is 6.92 Å². The summed E-state index contributed by atoms with van der Waals surface area (Å²) in [6.45, 7) is 3.48. The van der Waals surface area contributed by atoms with Crippen LogP contribution >= 0.6 is 0 Å². The number of nitrogens with zero attached hydrogens (tertiary/aromatic N) is 2. The van der Waals surface area contributed by atoms with Gasteiger partial charge in [0, 0.05) is 45.6 Å². The highest BCUT2D eigenvalue weighted by molar-refractivity contribution is 5.93. The van der Waals surface area contributed by atoms with Gasteiger partial charge in [0.2, 0.25) is 0 Å². The van der Waals surface area contributed by atoms with Gasteiger partial charge in [-0.3, -0.25) is 9.78 Å². The predicted molar refractivity (Wildman–Crippen MR) is 77.8 cm³/mol. The molecule has 0 aromatic carbocycles. The van der Waals surface area contributed by atoms with Crippen molar-refractivity contribution in [2.75, 3.05) is 39.0 Å². The molecule has 0 aliphatic rings. The zero-order valence-corrected chi connectivity index (χ0v) is 12.1. The lowest BCUT2D eigenvalue weighted by atomic mass is 10.3. The van der Waals surface area contributed by atoms with Crippen molar-refractivity contribution in [3.8, 4) is 0 Å². The van der Waals surface area contributed by atoms with Crippen LogP contribution in [0.4, 0.5) is 10.5 Å². The minimum Gasteiger partial charge on any atom is -0.385 e. The van der Waals surface area contributed by atoms with Gasteiger partial charge in [0.05, 0.1) is 0 Å². The highest BCUT2D eigenvalue weighted by atomic mass is 16.2. The first kappa shape index (κ1) is 15.7. The minimum absolute atomic E-state index is 0.188. The number of rotatable bonds is 6. The van der Waals surface area contributed by atoms with Crippen molar-refractivity contribution in [2.24, 2.45) is 0 Å². The van der Waals surface area contributed by atoms with Gasteiger partial charge in [-0.1, -0.05) is 0 Å². The van der Waals surface area contributed by atoms with Crippen LogP contribution in [0, 0.1) is 0 Å². The normalized spacial score (nSPS) is 9.75. The van der Waals surface area contributed by atoms with E-state index < -0.39 is 0 Å². The first-order valence-corrected chi connectivity index (χ1v) is 6.48. The van der Waals surface area contributed by atoms with Gasteiger partial charge in [0.15, 0.2) is 0 Å². The summed E-state index contributed by atoms with van der Waals surface area (Å²) in [4.78, 5) is 28.6. The van der Waals surface area contributed by atoms with Crippen LogP contribution in [-0.2, 0) is 0 Å². The number of amides is 3. The number of urea groups is 1. The number of carbonyl (C=O) groups is 2. The lowest BCUT2D eigenvalue weighted by Gasteiger charge is -2.12. The van der Waals surface area contributed by atoms with Gasteiger partial charge in [-0.2, -0.15) is 0 Å². The lowest BCUT2D eigenvalue weighted by Crippen LogP contribution is -2.39. The number of carbonyl (C=O) groups excluding carboxylic acids is 2. The van der Waals surface area contributed by atoms with Crippen LogP contribution in [0.5, 0.6) is 0 Å². The molecule has 7 nitrogen and oxygen atoms in total. The fourth-order valence-electron chi connectivity index (χ4n) is 1.46.